The van der Waals surface area contributed by atoms with Crippen LogP contribution in [0.3, 0.4) is 0 Å². The molecular formula is C16H27N2O7PS. The quantitative estimate of drug-likeness (QED) is 0.632. The molecule has 5 atom stereocenters. The van der Waals surface area contributed by atoms with E-state index in [-0.39, 0.29) is 0 Å². The number of nitrogens with zero attached hydrogens (tertiary/aromatic N) is 1. The maximum Gasteiger partial charge on any atom is 0.328 e. The first kappa shape index (κ1) is 22.4. The Kier molecular flexibility index (Phi) is 7.18. The Labute approximate surface area is 162 Å². The molecule has 1 fully saturated rings. The number of aromatic nitrogens is 2. The molecule has 0 amide bonds. The Balaban J connectivity index is 2.50. The fraction of sp³-hybridized carbons (Fsp3) is 0.750. The topological polar surface area (TPSA) is 112 Å². The van der Waals surface area contributed by atoms with E-state index in [9.17, 15) is 14.5 Å². The van der Waals surface area contributed by atoms with Crippen molar-refractivity contribution in [1.82, 2.24) is 9.55 Å². The van der Waals surface area contributed by atoms with E-state index in [0.717, 1.165) is 0 Å². The second kappa shape index (κ2) is 8.65. The van der Waals surface area contributed by atoms with Crippen molar-refractivity contribution in [2.75, 3.05) is 20.8 Å². The number of hydrogen-bond donors (Lipinski definition) is 2. The lowest BCUT2D eigenvalue weighted by atomic mass is 9.82. The summed E-state index contributed by atoms with van der Waals surface area (Å²) in [6.07, 6.45) is 1.16. The van der Waals surface area contributed by atoms with Crippen molar-refractivity contribution in [2.24, 2.45) is 0 Å². The van der Waals surface area contributed by atoms with Crippen LogP contribution in [0.4, 0.5) is 0 Å². The Morgan fingerprint density at radius 1 is 1.52 bits per heavy atom. The van der Waals surface area contributed by atoms with Crippen LogP contribution in [0.15, 0.2) is 15.8 Å². The summed E-state index contributed by atoms with van der Waals surface area (Å²) in [4.78, 5) is 36.5. The van der Waals surface area contributed by atoms with Gasteiger partial charge < -0.3 is 18.9 Å². The van der Waals surface area contributed by atoms with Gasteiger partial charge >= 0.3 is 12.4 Å². The van der Waals surface area contributed by atoms with E-state index >= 15 is 0 Å². The van der Waals surface area contributed by atoms with Crippen LogP contribution < -0.4 is 11.2 Å². The van der Waals surface area contributed by atoms with Crippen molar-refractivity contribution in [3.63, 3.8) is 0 Å². The van der Waals surface area contributed by atoms with E-state index in [0.29, 0.717) is 25.0 Å². The summed E-state index contributed by atoms with van der Waals surface area (Å²) in [6, 6.07) is -0.522. The highest BCUT2D eigenvalue weighted by Gasteiger charge is 2.51. The molecule has 0 radical (unpaired) electrons. The van der Waals surface area contributed by atoms with E-state index in [1.54, 1.807) is 21.0 Å². The van der Waals surface area contributed by atoms with Crippen LogP contribution in [-0.4, -0.2) is 53.1 Å². The van der Waals surface area contributed by atoms with Gasteiger partial charge in [-0.25, -0.2) is 4.79 Å². The van der Waals surface area contributed by atoms with Crippen LogP contribution in [0.5, 0.6) is 0 Å². The molecule has 11 heteroatoms. The third kappa shape index (κ3) is 4.59. The van der Waals surface area contributed by atoms with Crippen molar-refractivity contribution in [3.05, 3.63) is 32.6 Å². The van der Waals surface area contributed by atoms with Crippen molar-refractivity contribution >= 4 is 18.5 Å². The number of nitrogens with one attached hydrogen (secondary N) is 1. The van der Waals surface area contributed by atoms with Crippen molar-refractivity contribution in [3.8, 4) is 0 Å². The zero-order valence-corrected chi connectivity index (χ0v) is 17.8. The van der Waals surface area contributed by atoms with Gasteiger partial charge in [-0.05, 0) is 32.1 Å². The highest BCUT2D eigenvalue weighted by atomic mass is 32.5. The second-order valence-electron chi connectivity index (χ2n) is 6.60. The lowest BCUT2D eigenvalue weighted by Crippen LogP contribution is -2.59. The Morgan fingerprint density at radius 3 is 2.74 bits per heavy atom. The number of methoxy groups -OCH3 is 1. The van der Waals surface area contributed by atoms with Crippen LogP contribution in [-0.2, 0) is 30.3 Å². The fourth-order valence-electron chi connectivity index (χ4n) is 3.42. The first-order valence-electron chi connectivity index (χ1n) is 8.66. The molecule has 0 saturated carbocycles. The average molecular weight is 422 g/mol. The largest absolute Gasteiger partial charge is 0.375 e. The zero-order valence-electron chi connectivity index (χ0n) is 16.1. The second-order valence-corrected chi connectivity index (χ2v) is 9.50. The minimum atomic E-state index is -3.52. The van der Waals surface area contributed by atoms with Gasteiger partial charge in [0.15, 0.2) is 0 Å². The monoisotopic (exact) mass is 422 g/mol. The smallest absolute Gasteiger partial charge is 0.328 e. The lowest BCUT2D eigenvalue weighted by Gasteiger charge is -2.48. The first-order chi connectivity index (χ1) is 12.6. The molecule has 27 heavy (non-hydrogen) atoms. The number of aromatic amines is 1. The van der Waals surface area contributed by atoms with Crippen molar-refractivity contribution in [2.45, 2.75) is 57.5 Å². The fourth-order valence-corrected chi connectivity index (χ4v) is 4.38. The third-order valence-corrected chi connectivity index (χ3v) is 6.86. The van der Waals surface area contributed by atoms with E-state index < -0.39 is 41.8 Å². The SMILES string of the molecule is CC[C@]1(OC)CCOC([C@@H](C)n2cc(C)c(=O)[nH]c2=O)C1OP(O)(=S)OC. The van der Waals surface area contributed by atoms with Gasteiger partial charge in [0.2, 0.25) is 0 Å². The Hall–Kier alpha value is -0.870. The predicted molar refractivity (Wildman–Crippen MR) is 104 cm³/mol. The summed E-state index contributed by atoms with van der Waals surface area (Å²) < 4.78 is 23.8. The summed E-state index contributed by atoms with van der Waals surface area (Å²) in [7, 11) is 2.84. The molecule has 2 rings (SSSR count). The lowest BCUT2D eigenvalue weighted by molar-refractivity contribution is -0.205. The normalized spacial score (nSPS) is 29.3. The van der Waals surface area contributed by atoms with Crippen LogP contribution in [0.2, 0.25) is 0 Å². The van der Waals surface area contributed by atoms with Gasteiger partial charge in [-0.3, -0.25) is 18.9 Å². The van der Waals surface area contributed by atoms with Gasteiger partial charge in [-0.2, -0.15) is 0 Å². The van der Waals surface area contributed by atoms with Gasteiger partial charge in [0.1, 0.15) is 12.2 Å². The first-order valence-corrected chi connectivity index (χ1v) is 11.3. The van der Waals surface area contributed by atoms with Crippen LogP contribution in [0.25, 0.3) is 0 Å². The molecule has 2 heterocycles. The van der Waals surface area contributed by atoms with Gasteiger partial charge in [-0.15, -0.1) is 0 Å². The molecule has 9 nitrogen and oxygen atoms in total. The molecule has 1 aromatic heterocycles. The minimum Gasteiger partial charge on any atom is -0.375 e. The summed E-state index contributed by atoms with van der Waals surface area (Å²) in [5.74, 6) is 0. The highest BCUT2D eigenvalue weighted by Crippen LogP contribution is 2.50. The maximum atomic E-state index is 12.3. The molecule has 0 bridgehead atoms. The molecule has 2 N–H and O–H groups in total. The molecule has 154 valence electrons. The minimum absolute atomic E-state index is 0.384. The van der Waals surface area contributed by atoms with Crippen LogP contribution >= 0.6 is 6.72 Å². The molecule has 0 aliphatic carbocycles. The number of H-pyrrole nitrogens is 1. The van der Waals surface area contributed by atoms with Gasteiger partial charge in [0.25, 0.3) is 5.56 Å². The van der Waals surface area contributed by atoms with E-state index in [1.165, 1.54) is 17.9 Å². The van der Waals surface area contributed by atoms with E-state index in [4.69, 9.17) is 30.3 Å². The van der Waals surface area contributed by atoms with Crippen LogP contribution in [0, 0.1) is 6.92 Å². The summed E-state index contributed by atoms with van der Waals surface area (Å²) in [5.41, 5.74) is -1.36. The summed E-state index contributed by atoms with van der Waals surface area (Å²) in [6.45, 7) is 2.19. The number of hydrogen-bond acceptors (Lipinski definition) is 7. The highest BCUT2D eigenvalue weighted by molar-refractivity contribution is 8.07. The molecular weight excluding hydrogens is 395 g/mol. The average Bonchev–Trinajstić information content (AvgIpc) is 2.64. The Morgan fingerprint density at radius 2 is 2.19 bits per heavy atom. The summed E-state index contributed by atoms with van der Waals surface area (Å²) in [5, 5.41) is 0. The molecule has 1 aliphatic heterocycles. The molecule has 1 aromatic rings. The zero-order chi connectivity index (χ0) is 20.4. The van der Waals surface area contributed by atoms with Gasteiger partial charge in [0.05, 0.1) is 18.2 Å². The standard InChI is InChI=1S/C16H27N2O7PS/c1-6-16(22-4)7-8-24-12(13(16)25-26(21,27)23-5)11(3)18-9-10(2)14(19)17-15(18)20/h9,11-13H,6-8H2,1-5H3,(H,21,27)(H,17,19,20)/t11-,12?,13?,16+,26?/m1/s1. The third-order valence-electron chi connectivity index (χ3n) is 5.20. The molecule has 3 unspecified atom stereocenters. The number of aryl methyl sites for hydroxylation is 1. The van der Waals surface area contributed by atoms with Crippen molar-refractivity contribution < 1.29 is 23.4 Å². The van der Waals surface area contributed by atoms with Crippen molar-refractivity contribution in [1.29, 1.82) is 0 Å². The molecule has 1 saturated heterocycles. The summed E-state index contributed by atoms with van der Waals surface area (Å²) >= 11 is 5.04. The molecule has 1 aliphatic rings. The number of rotatable bonds is 7. The van der Waals surface area contributed by atoms with Crippen LogP contribution in [0.1, 0.15) is 38.3 Å². The molecule has 0 spiro atoms. The van der Waals surface area contributed by atoms with E-state index in [2.05, 4.69) is 4.98 Å². The maximum absolute atomic E-state index is 12.3. The van der Waals surface area contributed by atoms with Gasteiger partial charge in [-0.1, -0.05) is 6.92 Å². The number of ether oxygens (including phenoxy) is 2. The van der Waals surface area contributed by atoms with E-state index in [1.807, 2.05) is 6.92 Å². The molecule has 0 aromatic carbocycles. The van der Waals surface area contributed by atoms with Gasteiger partial charge in [0, 0.05) is 32.4 Å². The predicted octanol–water partition coefficient (Wildman–Crippen LogP) is 1.24. The Bertz CT molecular complexity index is 820.